The largest absolute Gasteiger partial charge is 0.313 e. The van der Waals surface area contributed by atoms with Crippen molar-refractivity contribution in [2.24, 2.45) is 0 Å². The highest BCUT2D eigenvalue weighted by Crippen LogP contribution is 2.34. The van der Waals surface area contributed by atoms with Crippen molar-refractivity contribution in [2.75, 3.05) is 0 Å². The predicted molar refractivity (Wildman–Crippen MR) is 44.1 cm³/mol. The van der Waals surface area contributed by atoms with Crippen molar-refractivity contribution in [3.8, 4) is 6.07 Å². The van der Waals surface area contributed by atoms with Gasteiger partial charge in [0.05, 0.1) is 11.6 Å². The third-order valence-corrected chi connectivity index (χ3v) is 2.22. The number of hydrogen-bond donors (Lipinski definition) is 0. The van der Waals surface area contributed by atoms with E-state index < -0.39 is 18.1 Å². The molecule has 1 aromatic rings. The van der Waals surface area contributed by atoms with Gasteiger partial charge in [0.2, 0.25) is 5.78 Å². The lowest BCUT2D eigenvalue weighted by molar-refractivity contribution is 0.0168. The van der Waals surface area contributed by atoms with E-state index in [-0.39, 0.29) is 11.1 Å². The summed E-state index contributed by atoms with van der Waals surface area (Å²) < 4.78 is 25.9. The molecule has 0 fully saturated rings. The van der Waals surface area contributed by atoms with Gasteiger partial charge in [0.1, 0.15) is 0 Å². The fourth-order valence-corrected chi connectivity index (χ4v) is 1.55. The number of nitriles is 1. The fourth-order valence-electron chi connectivity index (χ4n) is 1.55. The first-order valence-electron chi connectivity index (χ1n) is 4.00. The van der Waals surface area contributed by atoms with E-state index >= 15 is 0 Å². The molecular weight excluding hydrogens is 188 g/mol. The molecule has 0 amide bonds. The molecule has 0 unspecified atom stereocenters. The lowest BCUT2D eigenvalue weighted by Gasteiger charge is -2.02. The maximum atomic E-state index is 12.9. The highest BCUT2D eigenvalue weighted by atomic mass is 19.3. The second-order valence-corrected chi connectivity index (χ2v) is 3.19. The zero-order valence-corrected chi connectivity index (χ0v) is 7.05. The van der Waals surface area contributed by atoms with E-state index in [1.54, 1.807) is 0 Å². The zero-order valence-electron chi connectivity index (χ0n) is 7.05. The number of ketones is 1. The first-order chi connectivity index (χ1) is 6.54. The van der Waals surface area contributed by atoms with Crippen molar-refractivity contribution in [1.29, 1.82) is 5.26 Å². The van der Waals surface area contributed by atoms with Gasteiger partial charge in [0, 0.05) is 12.0 Å². The molecular formula is C10H5F2NO. The van der Waals surface area contributed by atoms with Crippen LogP contribution in [0.3, 0.4) is 0 Å². The topological polar surface area (TPSA) is 40.9 Å². The first kappa shape index (κ1) is 8.82. The number of rotatable bonds is 0. The third kappa shape index (κ3) is 1.10. The van der Waals surface area contributed by atoms with Crippen molar-refractivity contribution >= 4 is 5.78 Å². The Labute approximate surface area is 78.8 Å². The average molecular weight is 193 g/mol. The SMILES string of the molecule is N#Cc1ccc2c(c1)CC(F)(F)C2=O. The molecule has 14 heavy (non-hydrogen) atoms. The maximum Gasteiger partial charge on any atom is 0.313 e. The van der Waals surface area contributed by atoms with E-state index in [0.717, 1.165) is 0 Å². The first-order valence-corrected chi connectivity index (χ1v) is 4.00. The van der Waals surface area contributed by atoms with E-state index in [0.29, 0.717) is 5.56 Å². The van der Waals surface area contributed by atoms with Crippen LogP contribution < -0.4 is 0 Å². The molecule has 70 valence electrons. The van der Waals surface area contributed by atoms with Crippen molar-refractivity contribution in [3.05, 3.63) is 34.9 Å². The minimum Gasteiger partial charge on any atom is -0.287 e. The van der Waals surface area contributed by atoms with Crippen molar-refractivity contribution < 1.29 is 13.6 Å². The van der Waals surface area contributed by atoms with Crippen LogP contribution in [0, 0.1) is 11.3 Å². The molecule has 0 aliphatic heterocycles. The van der Waals surface area contributed by atoms with E-state index in [4.69, 9.17) is 5.26 Å². The molecule has 1 aliphatic carbocycles. The van der Waals surface area contributed by atoms with E-state index in [1.165, 1.54) is 18.2 Å². The number of Topliss-reactive ketones (excluding diaryl/α,β-unsaturated/α-hetero) is 1. The van der Waals surface area contributed by atoms with Crippen LogP contribution in [0.2, 0.25) is 0 Å². The number of carbonyl (C=O) groups is 1. The van der Waals surface area contributed by atoms with Gasteiger partial charge in [0.15, 0.2) is 0 Å². The van der Waals surface area contributed by atoms with Gasteiger partial charge < -0.3 is 0 Å². The summed E-state index contributed by atoms with van der Waals surface area (Å²) in [5, 5.41) is 8.54. The fraction of sp³-hybridized carbons (Fsp3) is 0.200. The number of alkyl halides is 2. The zero-order chi connectivity index (χ0) is 10.3. The van der Waals surface area contributed by atoms with Gasteiger partial charge in [0.25, 0.3) is 0 Å². The van der Waals surface area contributed by atoms with Crippen molar-refractivity contribution in [3.63, 3.8) is 0 Å². The Morgan fingerprint density at radius 3 is 2.79 bits per heavy atom. The summed E-state index contributed by atoms with van der Waals surface area (Å²) in [6, 6.07) is 5.85. The Hall–Kier alpha value is -1.76. The number of hydrogen-bond acceptors (Lipinski definition) is 2. The molecule has 0 radical (unpaired) electrons. The molecule has 4 heteroatoms. The number of carbonyl (C=O) groups excluding carboxylic acids is 1. The summed E-state index contributed by atoms with van der Waals surface area (Å²) >= 11 is 0. The molecule has 0 saturated carbocycles. The summed E-state index contributed by atoms with van der Waals surface area (Å²) in [6.45, 7) is 0. The molecule has 1 aliphatic rings. The van der Waals surface area contributed by atoms with Gasteiger partial charge in [-0.05, 0) is 23.8 Å². The summed E-state index contributed by atoms with van der Waals surface area (Å²) in [5.74, 6) is -4.44. The van der Waals surface area contributed by atoms with E-state index in [2.05, 4.69) is 0 Å². The van der Waals surface area contributed by atoms with Gasteiger partial charge in [-0.3, -0.25) is 4.79 Å². The van der Waals surface area contributed by atoms with Gasteiger partial charge in [-0.2, -0.15) is 14.0 Å². The number of benzene rings is 1. The summed E-state index contributed by atoms with van der Waals surface area (Å²) in [7, 11) is 0. The Bertz CT molecular complexity index is 460. The Balaban J connectivity index is 2.56. The van der Waals surface area contributed by atoms with Gasteiger partial charge in [-0.25, -0.2) is 0 Å². The summed E-state index contributed by atoms with van der Waals surface area (Å²) in [5.41, 5.74) is 0.599. The maximum absolute atomic E-state index is 12.9. The predicted octanol–water partition coefficient (Wildman–Crippen LogP) is 1.93. The molecule has 0 spiro atoms. The van der Waals surface area contributed by atoms with Crippen LogP contribution in [0.4, 0.5) is 8.78 Å². The summed E-state index contributed by atoms with van der Waals surface area (Å²) in [6.07, 6.45) is -0.587. The van der Waals surface area contributed by atoms with Gasteiger partial charge in [-0.1, -0.05) is 0 Å². The molecule has 0 saturated heterocycles. The highest BCUT2D eigenvalue weighted by Gasteiger charge is 2.46. The minimum absolute atomic E-state index is 0.0361. The van der Waals surface area contributed by atoms with Crippen LogP contribution in [0.1, 0.15) is 21.5 Å². The van der Waals surface area contributed by atoms with E-state index in [1.807, 2.05) is 6.07 Å². The number of nitrogens with zero attached hydrogens (tertiary/aromatic N) is 1. The smallest absolute Gasteiger partial charge is 0.287 e. The van der Waals surface area contributed by atoms with Crippen molar-refractivity contribution in [2.45, 2.75) is 12.3 Å². The van der Waals surface area contributed by atoms with Crippen LogP contribution in [0.15, 0.2) is 18.2 Å². The van der Waals surface area contributed by atoms with Crippen LogP contribution >= 0.6 is 0 Å². The number of fused-ring (bicyclic) bond motifs is 1. The Morgan fingerprint density at radius 2 is 2.14 bits per heavy atom. The molecule has 2 nitrogen and oxygen atoms in total. The van der Waals surface area contributed by atoms with Crippen molar-refractivity contribution in [1.82, 2.24) is 0 Å². The molecule has 2 rings (SSSR count). The average Bonchev–Trinajstić information content (AvgIpc) is 2.37. The van der Waals surface area contributed by atoms with Crippen LogP contribution in [-0.2, 0) is 6.42 Å². The van der Waals surface area contributed by atoms with E-state index in [9.17, 15) is 13.6 Å². The molecule has 0 bridgehead atoms. The van der Waals surface area contributed by atoms with Gasteiger partial charge >= 0.3 is 5.92 Å². The second kappa shape index (κ2) is 2.61. The number of halogens is 2. The van der Waals surface area contributed by atoms with Crippen LogP contribution in [0.5, 0.6) is 0 Å². The van der Waals surface area contributed by atoms with Crippen LogP contribution in [0.25, 0.3) is 0 Å². The lowest BCUT2D eigenvalue weighted by Crippen LogP contribution is -2.23. The standard InChI is InChI=1S/C10H5F2NO/c11-10(12)4-7-3-6(5-13)1-2-8(7)9(10)14/h1-3H,4H2. The van der Waals surface area contributed by atoms with Gasteiger partial charge in [-0.15, -0.1) is 0 Å². The molecule has 1 aromatic carbocycles. The van der Waals surface area contributed by atoms with Crippen LogP contribution in [-0.4, -0.2) is 11.7 Å². The molecule has 0 atom stereocenters. The minimum atomic E-state index is -3.30. The normalized spacial score (nSPS) is 17.6. The highest BCUT2D eigenvalue weighted by molar-refractivity contribution is 6.05. The summed E-state index contributed by atoms with van der Waals surface area (Å²) in [4.78, 5) is 11.1. The monoisotopic (exact) mass is 193 g/mol. The molecule has 0 aromatic heterocycles. The lowest BCUT2D eigenvalue weighted by atomic mass is 10.1. The molecule has 0 N–H and O–H groups in total. The Morgan fingerprint density at radius 1 is 1.43 bits per heavy atom. The second-order valence-electron chi connectivity index (χ2n) is 3.19. The third-order valence-electron chi connectivity index (χ3n) is 2.22. The molecule has 0 heterocycles. The quantitative estimate of drug-likeness (QED) is 0.631. The Kier molecular flexibility index (Phi) is 1.65.